The summed E-state index contributed by atoms with van der Waals surface area (Å²) >= 11 is 0. The van der Waals surface area contributed by atoms with Crippen molar-refractivity contribution in [1.82, 2.24) is 25.3 Å². The largest absolute Gasteiger partial charge is 0.374 e. The summed E-state index contributed by atoms with van der Waals surface area (Å²) in [7, 11) is 0. The fourth-order valence-corrected chi connectivity index (χ4v) is 3.53. The monoisotopic (exact) mass is 398 g/mol. The molecule has 0 bridgehead atoms. The molecule has 1 aliphatic rings. The summed E-state index contributed by atoms with van der Waals surface area (Å²) in [6, 6.07) is 10.2. The number of aliphatic imine (C=N–C) groups is 1. The molecule has 0 aliphatic carbocycles. The zero-order valence-corrected chi connectivity index (χ0v) is 17.8. The molecule has 3 rings (SSSR count). The van der Waals surface area contributed by atoms with Crippen molar-refractivity contribution in [2.45, 2.75) is 33.4 Å². The van der Waals surface area contributed by atoms with Crippen LogP contribution in [-0.4, -0.2) is 66.1 Å². The average Bonchev–Trinajstić information content (AvgIpc) is 3.25. The Bertz CT molecular complexity index is 758. The summed E-state index contributed by atoms with van der Waals surface area (Å²) in [4.78, 5) is 7.24. The van der Waals surface area contributed by atoms with Gasteiger partial charge in [0.15, 0.2) is 5.96 Å². The van der Waals surface area contributed by atoms with Crippen molar-refractivity contribution in [3.8, 4) is 5.69 Å². The van der Waals surface area contributed by atoms with Crippen LogP contribution in [0.2, 0.25) is 0 Å². The number of morpholine rings is 1. The number of benzene rings is 1. The van der Waals surface area contributed by atoms with E-state index in [1.165, 1.54) is 0 Å². The van der Waals surface area contributed by atoms with Crippen LogP contribution in [0.25, 0.3) is 5.69 Å². The summed E-state index contributed by atoms with van der Waals surface area (Å²) in [5.41, 5.74) is 2.19. The van der Waals surface area contributed by atoms with Crippen LogP contribution in [-0.2, 0) is 11.3 Å². The third kappa shape index (κ3) is 6.87. The first-order valence-electron chi connectivity index (χ1n) is 10.6. The van der Waals surface area contributed by atoms with Crippen molar-refractivity contribution in [1.29, 1.82) is 0 Å². The van der Waals surface area contributed by atoms with Gasteiger partial charge >= 0.3 is 0 Å². The minimum atomic E-state index is 0.189. The topological polar surface area (TPSA) is 66.7 Å². The molecule has 0 spiro atoms. The lowest BCUT2D eigenvalue weighted by atomic mass is 10.2. The van der Waals surface area contributed by atoms with Crippen molar-refractivity contribution in [3.63, 3.8) is 0 Å². The molecule has 158 valence electrons. The van der Waals surface area contributed by atoms with Crippen molar-refractivity contribution in [3.05, 3.63) is 48.3 Å². The number of guanidine groups is 1. The number of ether oxygens (including phenoxy) is 1. The van der Waals surface area contributed by atoms with E-state index in [1.54, 1.807) is 6.20 Å². The van der Waals surface area contributed by atoms with Gasteiger partial charge in [0.1, 0.15) is 0 Å². The van der Waals surface area contributed by atoms with Gasteiger partial charge in [-0.25, -0.2) is 9.67 Å². The van der Waals surface area contributed by atoms with Crippen LogP contribution in [0.3, 0.4) is 0 Å². The molecule has 1 aliphatic heterocycles. The Morgan fingerprint density at radius 2 is 2.21 bits per heavy atom. The fraction of sp³-hybridized carbons (Fsp3) is 0.545. The van der Waals surface area contributed by atoms with Crippen LogP contribution in [0, 0.1) is 5.92 Å². The Balaban J connectivity index is 1.55. The Kier molecular flexibility index (Phi) is 8.07. The Morgan fingerprint density at radius 1 is 1.31 bits per heavy atom. The van der Waals surface area contributed by atoms with E-state index in [0.29, 0.717) is 12.5 Å². The first kappa shape index (κ1) is 21.3. The van der Waals surface area contributed by atoms with Gasteiger partial charge < -0.3 is 15.4 Å². The molecule has 1 atom stereocenters. The molecule has 0 radical (unpaired) electrons. The van der Waals surface area contributed by atoms with Crippen molar-refractivity contribution >= 4 is 5.96 Å². The predicted molar refractivity (Wildman–Crippen MR) is 117 cm³/mol. The molecule has 2 heterocycles. The summed E-state index contributed by atoms with van der Waals surface area (Å²) in [6.07, 6.45) is 3.92. The lowest BCUT2D eigenvalue weighted by Gasteiger charge is -2.34. The van der Waals surface area contributed by atoms with E-state index in [4.69, 9.17) is 9.73 Å². The summed E-state index contributed by atoms with van der Waals surface area (Å²) in [5.74, 6) is 1.50. The average molecular weight is 399 g/mol. The van der Waals surface area contributed by atoms with E-state index in [9.17, 15) is 0 Å². The highest BCUT2D eigenvalue weighted by molar-refractivity contribution is 5.79. The second-order valence-corrected chi connectivity index (χ2v) is 7.84. The number of nitrogens with one attached hydrogen (secondary N) is 2. The molecule has 7 heteroatoms. The zero-order valence-electron chi connectivity index (χ0n) is 17.8. The molecule has 2 aromatic rings. The normalized spacial score (nSPS) is 18.2. The maximum Gasteiger partial charge on any atom is 0.191 e. The molecule has 29 heavy (non-hydrogen) atoms. The van der Waals surface area contributed by atoms with Crippen molar-refractivity contribution in [2.75, 3.05) is 39.3 Å². The second kappa shape index (κ2) is 11.0. The van der Waals surface area contributed by atoms with Crippen LogP contribution < -0.4 is 10.6 Å². The number of nitrogens with zero attached hydrogens (tertiary/aromatic N) is 4. The molecule has 0 saturated carbocycles. The molecular formula is C22H34N6O. The van der Waals surface area contributed by atoms with E-state index in [2.05, 4.69) is 53.5 Å². The van der Waals surface area contributed by atoms with E-state index < -0.39 is 0 Å². The second-order valence-electron chi connectivity index (χ2n) is 7.84. The smallest absolute Gasteiger partial charge is 0.191 e. The molecule has 1 saturated heterocycles. The standard InChI is InChI=1S/C22H34N6O/c1-4-23-22(25-15-21-17-27(11-12-29-21)16-18(2)3)24-14-19-7-5-8-20(13-19)28-10-6-9-26-28/h5-10,13,18,21H,4,11-12,14-17H2,1-3H3,(H2,23,24,25). The highest BCUT2D eigenvalue weighted by atomic mass is 16.5. The third-order valence-corrected chi connectivity index (χ3v) is 4.79. The van der Waals surface area contributed by atoms with Gasteiger partial charge in [0, 0.05) is 45.1 Å². The van der Waals surface area contributed by atoms with Crippen LogP contribution in [0.4, 0.5) is 0 Å². The van der Waals surface area contributed by atoms with E-state index in [0.717, 1.165) is 56.5 Å². The Morgan fingerprint density at radius 3 is 2.97 bits per heavy atom. The van der Waals surface area contributed by atoms with Crippen LogP contribution in [0.5, 0.6) is 0 Å². The van der Waals surface area contributed by atoms with Gasteiger partial charge in [-0.3, -0.25) is 4.90 Å². The highest BCUT2D eigenvalue weighted by Gasteiger charge is 2.21. The fourth-order valence-electron chi connectivity index (χ4n) is 3.53. The SMILES string of the molecule is CCNC(=NCc1cccc(-n2cccn2)c1)NCC1CN(CC(C)C)CCO1. The van der Waals surface area contributed by atoms with Gasteiger partial charge in [-0.2, -0.15) is 5.10 Å². The van der Waals surface area contributed by atoms with E-state index >= 15 is 0 Å². The highest BCUT2D eigenvalue weighted by Crippen LogP contribution is 2.11. The molecular weight excluding hydrogens is 364 g/mol. The first-order valence-corrected chi connectivity index (χ1v) is 10.6. The summed E-state index contributed by atoms with van der Waals surface area (Å²) in [6.45, 7) is 12.7. The Hall–Kier alpha value is -2.38. The molecule has 1 unspecified atom stereocenters. The summed E-state index contributed by atoms with van der Waals surface area (Å²) < 4.78 is 7.80. The van der Waals surface area contributed by atoms with Gasteiger partial charge in [0.05, 0.1) is 24.9 Å². The number of rotatable bonds is 8. The van der Waals surface area contributed by atoms with E-state index in [1.807, 2.05) is 29.1 Å². The molecule has 2 N–H and O–H groups in total. The maximum atomic E-state index is 5.94. The lowest BCUT2D eigenvalue weighted by molar-refractivity contribution is -0.0284. The van der Waals surface area contributed by atoms with E-state index in [-0.39, 0.29) is 6.10 Å². The van der Waals surface area contributed by atoms with Gasteiger partial charge in [-0.15, -0.1) is 0 Å². The van der Waals surface area contributed by atoms with Gasteiger partial charge in [-0.05, 0) is 36.6 Å². The molecule has 1 aromatic heterocycles. The predicted octanol–water partition coefficient (Wildman–Crippen LogP) is 2.28. The number of hydrogen-bond donors (Lipinski definition) is 2. The molecule has 1 aromatic carbocycles. The first-order chi connectivity index (χ1) is 14.1. The Labute approximate surface area is 174 Å². The molecule has 1 fully saturated rings. The van der Waals surface area contributed by atoms with Crippen LogP contribution in [0.1, 0.15) is 26.3 Å². The number of hydrogen-bond acceptors (Lipinski definition) is 4. The number of aromatic nitrogens is 2. The van der Waals surface area contributed by atoms with Gasteiger partial charge in [0.25, 0.3) is 0 Å². The molecule has 7 nitrogen and oxygen atoms in total. The van der Waals surface area contributed by atoms with Crippen LogP contribution >= 0.6 is 0 Å². The van der Waals surface area contributed by atoms with Crippen LogP contribution in [0.15, 0.2) is 47.7 Å². The van der Waals surface area contributed by atoms with Gasteiger partial charge in [0.2, 0.25) is 0 Å². The lowest BCUT2D eigenvalue weighted by Crippen LogP contribution is -2.50. The minimum Gasteiger partial charge on any atom is -0.374 e. The molecule has 0 amide bonds. The zero-order chi connectivity index (χ0) is 20.5. The van der Waals surface area contributed by atoms with Crippen molar-refractivity contribution in [2.24, 2.45) is 10.9 Å². The third-order valence-electron chi connectivity index (χ3n) is 4.79. The summed E-state index contributed by atoms with van der Waals surface area (Å²) in [5, 5.41) is 11.1. The van der Waals surface area contributed by atoms with Crippen molar-refractivity contribution < 1.29 is 4.74 Å². The quantitative estimate of drug-likeness (QED) is 0.528. The maximum absolute atomic E-state index is 5.94. The van der Waals surface area contributed by atoms with Gasteiger partial charge in [-0.1, -0.05) is 26.0 Å². The minimum absolute atomic E-state index is 0.189.